The molecule has 10 heteroatoms. The van der Waals surface area contributed by atoms with Crippen molar-refractivity contribution in [2.24, 2.45) is 5.92 Å². The Hall–Kier alpha value is -2.62. The minimum Gasteiger partial charge on any atom is -0.481 e. The van der Waals surface area contributed by atoms with Crippen molar-refractivity contribution in [3.05, 3.63) is 30.1 Å². The van der Waals surface area contributed by atoms with Crippen LogP contribution in [0.25, 0.3) is 0 Å². The summed E-state index contributed by atoms with van der Waals surface area (Å²) in [5.74, 6) is -2.67. The number of Topliss-reactive ketones (excluding diaryl/α,β-unsaturated/α-hetero) is 1. The molecule has 0 radical (unpaired) electrons. The number of aromatic nitrogens is 1. The van der Waals surface area contributed by atoms with E-state index >= 15 is 0 Å². The lowest BCUT2D eigenvalue weighted by Crippen LogP contribution is -2.44. The fourth-order valence-corrected chi connectivity index (χ4v) is 3.36. The number of carbonyl (C=O) groups is 4. The highest BCUT2D eigenvalue weighted by Crippen LogP contribution is 2.19. The highest BCUT2D eigenvalue weighted by molar-refractivity contribution is 7.99. The van der Waals surface area contributed by atoms with Crippen molar-refractivity contribution in [1.82, 2.24) is 10.3 Å². The summed E-state index contributed by atoms with van der Waals surface area (Å²) in [7, 11) is 1.19. The first kappa shape index (κ1) is 23.4. The van der Waals surface area contributed by atoms with E-state index in [1.165, 1.54) is 19.5 Å². The van der Waals surface area contributed by atoms with Crippen LogP contribution >= 0.6 is 11.8 Å². The third kappa shape index (κ3) is 8.38. The quantitative estimate of drug-likeness (QED) is 0.412. The van der Waals surface area contributed by atoms with E-state index in [2.05, 4.69) is 15.0 Å². The maximum absolute atomic E-state index is 12.5. The number of aliphatic carboxylic acids is 1. The summed E-state index contributed by atoms with van der Waals surface area (Å²) in [6.07, 6.45) is 1.41. The molecule has 0 aliphatic carbocycles. The summed E-state index contributed by atoms with van der Waals surface area (Å²) in [6.45, 7) is 3.34. The number of hydrogen-bond acceptors (Lipinski definition) is 8. The number of esters is 1. The molecule has 0 aromatic carbocycles. The van der Waals surface area contributed by atoms with E-state index in [1.807, 2.05) is 0 Å². The number of ether oxygens (including phenoxy) is 2. The lowest BCUT2D eigenvalue weighted by Gasteiger charge is -2.19. The fraction of sp³-hybridized carbons (Fsp3) is 0.500. The molecule has 1 aromatic rings. The Morgan fingerprint density at radius 2 is 1.96 bits per heavy atom. The van der Waals surface area contributed by atoms with Crippen LogP contribution in [0, 0.1) is 5.92 Å². The molecule has 0 aliphatic heterocycles. The number of alkyl carbamates (subject to hydrolysis) is 1. The molecule has 1 unspecified atom stereocenters. The maximum Gasteiger partial charge on any atom is 0.408 e. The zero-order valence-electron chi connectivity index (χ0n) is 15.9. The molecule has 1 heterocycles. The average Bonchev–Trinajstić information content (AvgIpc) is 2.64. The van der Waals surface area contributed by atoms with Crippen molar-refractivity contribution in [1.29, 1.82) is 0 Å². The number of nitrogens with zero attached hydrogens (tertiary/aromatic N) is 1. The van der Waals surface area contributed by atoms with Gasteiger partial charge in [-0.05, 0) is 26.0 Å². The van der Waals surface area contributed by atoms with Gasteiger partial charge >= 0.3 is 18.0 Å². The molecule has 0 saturated carbocycles. The van der Waals surface area contributed by atoms with Gasteiger partial charge in [-0.15, -0.1) is 0 Å². The molecule has 0 saturated heterocycles. The van der Waals surface area contributed by atoms with Gasteiger partial charge in [-0.25, -0.2) is 9.59 Å². The van der Waals surface area contributed by atoms with Gasteiger partial charge < -0.3 is 19.9 Å². The summed E-state index contributed by atoms with van der Waals surface area (Å²) in [4.78, 5) is 51.1. The number of pyridine rings is 1. The largest absolute Gasteiger partial charge is 0.481 e. The van der Waals surface area contributed by atoms with E-state index in [4.69, 9.17) is 9.84 Å². The van der Waals surface area contributed by atoms with Crippen molar-refractivity contribution < 1.29 is 33.8 Å². The van der Waals surface area contributed by atoms with E-state index in [0.717, 1.165) is 11.8 Å². The van der Waals surface area contributed by atoms with Gasteiger partial charge in [-0.1, -0.05) is 0 Å². The van der Waals surface area contributed by atoms with Crippen molar-refractivity contribution in [2.75, 3.05) is 18.6 Å². The van der Waals surface area contributed by atoms with Gasteiger partial charge in [0.25, 0.3) is 0 Å². The van der Waals surface area contributed by atoms with Crippen LogP contribution in [0.15, 0.2) is 24.5 Å². The highest BCUT2D eigenvalue weighted by atomic mass is 32.2. The first-order chi connectivity index (χ1) is 13.2. The van der Waals surface area contributed by atoms with Crippen LogP contribution in [0.4, 0.5) is 4.79 Å². The number of nitrogens with one attached hydrogen (secondary N) is 1. The Balaban J connectivity index is 2.72. The molecule has 0 bridgehead atoms. The number of carbonyl (C=O) groups excluding carboxylic acids is 3. The van der Waals surface area contributed by atoms with Crippen LogP contribution in [0.5, 0.6) is 0 Å². The molecule has 0 aliphatic rings. The average molecular weight is 412 g/mol. The van der Waals surface area contributed by atoms with Crippen molar-refractivity contribution >= 4 is 35.6 Å². The molecule has 9 nitrogen and oxygen atoms in total. The Labute approximate surface area is 167 Å². The van der Waals surface area contributed by atoms with Gasteiger partial charge in [0.15, 0.2) is 5.78 Å². The first-order valence-electron chi connectivity index (χ1n) is 8.53. The standard InChI is InChI=1S/C18H24N2O7S/c1-11(2)27-18(25)20-14(17(24)26-3)10-28-9-13(7-15(21)22)16(23)12-5-4-6-19-8-12/h4-6,8,11,13-14H,7,9-10H2,1-3H3,(H,20,25)(H,21,22)/t13?,14-/m0/s1. The second-order valence-electron chi connectivity index (χ2n) is 6.11. The monoisotopic (exact) mass is 412 g/mol. The zero-order valence-corrected chi connectivity index (χ0v) is 16.7. The predicted octanol–water partition coefficient (Wildman–Crippen LogP) is 1.76. The number of methoxy groups -OCH3 is 1. The second kappa shape index (κ2) is 12.0. The lowest BCUT2D eigenvalue weighted by molar-refractivity contribution is -0.142. The van der Waals surface area contributed by atoms with Crippen molar-refractivity contribution in [3.63, 3.8) is 0 Å². The fourth-order valence-electron chi connectivity index (χ4n) is 2.21. The molecule has 1 rings (SSSR count). The van der Waals surface area contributed by atoms with Crippen LogP contribution in [0.3, 0.4) is 0 Å². The topological polar surface area (TPSA) is 132 Å². The number of hydrogen-bond donors (Lipinski definition) is 2. The molecule has 0 fully saturated rings. The van der Waals surface area contributed by atoms with Gasteiger partial charge in [0.05, 0.1) is 19.6 Å². The molecular formula is C18H24N2O7S. The van der Waals surface area contributed by atoms with Crippen LogP contribution in [0.2, 0.25) is 0 Å². The zero-order chi connectivity index (χ0) is 21.1. The Bertz CT molecular complexity index is 682. The van der Waals surface area contributed by atoms with E-state index in [0.29, 0.717) is 5.56 Å². The summed E-state index contributed by atoms with van der Waals surface area (Å²) in [6, 6.07) is 2.17. The van der Waals surface area contributed by atoms with Crippen LogP contribution in [-0.2, 0) is 19.1 Å². The van der Waals surface area contributed by atoms with Gasteiger partial charge in [0.2, 0.25) is 0 Å². The maximum atomic E-state index is 12.5. The molecule has 1 amide bonds. The van der Waals surface area contributed by atoms with Gasteiger partial charge in [0.1, 0.15) is 6.04 Å². The van der Waals surface area contributed by atoms with E-state index in [-0.39, 0.29) is 29.8 Å². The normalized spacial score (nSPS) is 12.7. The molecule has 2 atom stereocenters. The summed E-state index contributed by atoms with van der Waals surface area (Å²) < 4.78 is 9.61. The Kier molecular flexibility index (Phi) is 10.0. The van der Waals surface area contributed by atoms with Crippen molar-refractivity contribution in [2.45, 2.75) is 32.4 Å². The summed E-state index contributed by atoms with van der Waals surface area (Å²) in [5.41, 5.74) is 0.317. The predicted molar refractivity (Wildman–Crippen MR) is 102 cm³/mol. The van der Waals surface area contributed by atoms with Gasteiger partial charge in [-0.2, -0.15) is 11.8 Å². The number of carboxylic acid groups (broad SMARTS) is 1. The molecule has 28 heavy (non-hydrogen) atoms. The number of carboxylic acids is 1. The van der Waals surface area contributed by atoms with Gasteiger partial charge in [-0.3, -0.25) is 14.6 Å². The first-order valence-corrected chi connectivity index (χ1v) is 9.68. The van der Waals surface area contributed by atoms with Crippen LogP contribution < -0.4 is 5.32 Å². The number of ketones is 1. The number of amides is 1. The second-order valence-corrected chi connectivity index (χ2v) is 7.19. The summed E-state index contributed by atoms with van der Waals surface area (Å²) >= 11 is 1.16. The van der Waals surface area contributed by atoms with Gasteiger partial charge in [0, 0.05) is 35.4 Å². The third-order valence-electron chi connectivity index (χ3n) is 3.46. The van der Waals surface area contributed by atoms with E-state index in [1.54, 1.807) is 26.0 Å². The van der Waals surface area contributed by atoms with Crippen LogP contribution in [0.1, 0.15) is 30.6 Å². The number of thioether (sulfide) groups is 1. The highest BCUT2D eigenvalue weighted by Gasteiger charge is 2.26. The number of rotatable bonds is 11. The molecular weight excluding hydrogens is 388 g/mol. The van der Waals surface area contributed by atoms with Crippen LogP contribution in [-0.4, -0.2) is 64.7 Å². The molecule has 0 spiro atoms. The summed E-state index contributed by atoms with van der Waals surface area (Å²) in [5, 5.41) is 11.5. The molecule has 2 N–H and O–H groups in total. The molecule has 154 valence electrons. The minimum absolute atomic E-state index is 0.0936. The van der Waals surface area contributed by atoms with E-state index in [9.17, 15) is 19.2 Å². The third-order valence-corrected chi connectivity index (χ3v) is 4.67. The Morgan fingerprint density at radius 3 is 2.50 bits per heavy atom. The van der Waals surface area contributed by atoms with E-state index < -0.39 is 30.0 Å². The van der Waals surface area contributed by atoms with Crippen molar-refractivity contribution in [3.8, 4) is 0 Å². The molecule has 1 aromatic heterocycles. The minimum atomic E-state index is -1.11. The smallest absolute Gasteiger partial charge is 0.408 e. The Morgan fingerprint density at radius 1 is 1.25 bits per heavy atom. The lowest BCUT2D eigenvalue weighted by atomic mass is 9.97. The SMILES string of the molecule is COC(=O)[C@H](CSCC(CC(=O)O)C(=O)c1cccnc1)NC(=O)OC(C)C.